The molecule has 4 rings (SSSR count). The van der Waals surface area contributed by atoms with Gasteiger partial charge in [-0.05, 0) is 23.4 Å². The molecule has 0 bridgehead atoms. The molecule has 1 aromatic heterocycles. The van der Waals surface area contributed by atoms with Crippen LogP contribution in [-0.2, 0) is 28.0 Å². The summed E-state index contributed by atoms with van der Waals surface area (Å²) < 4.78 is 36.5. The maximum atomic E-state index is 12.4. The molecule has 0 amide bonds. The van der Waals surface area contributed by atoms with Gasteiger partial charge in [-0.1, -0.05) is 4.85 Å². The Morgan fingerprint density at radius 3 is 2.83 bits per heavy atom. The maximum Gasteiger partial charge on any atom is 0.270 e. The minimum absolute atomic E-state index is 0.0236. The molecule has 0 atom stereocenters. The molecule has 0 N–H and O–H groups in total. The number of ether oxygens (including phenoxy) is 2. The van der Waals surface area contributed by atoms with Crippen molar-refractivity contribution in [2.24, 2.45) is 0 Å². The third-order valence-corrected chi connectivity index (χ3v) is 6.30. The number of hydrogen-bond acceptors (Lipinski definition) is 9. The normalized spacial score (nSPS) is 13.8. The third kappa shape index (κ3) is 3.53. The van der Waals surface area contributed by atoms with E-state index in [-0.39, 0.29) is 30.6 Å². The molecule has 158 valence electrons. The third-order valence-electron chi connectivity index (χ3n) is 4.49. The first-order valence-corrected chi connectivity index (χ1v) is 10.1. The topological polar surface area (TPSA) is 139 Å². The maximum absolute atomic E-state index is 12.4. The van der Waals surface area contributed by atoms with Crippen LogP contribution in [0.2, 0.25) is 0 Å². The Balaban J connectivity index is 1.67. The van der Waals surface area contributed by atoms with Crippen molar-refractivity contribution in [3.63, 3.8) is 0 Å². The van der Waals surface area contributed by atoms with Crippen molar-refractivity contribution in [3.05, 3.63) is 51.6 Å². The van der Waals surface area contributed by atoms with Gasteiger partial charge in [-0.15, -0.1) is 5.10 Å². The zero-order valence-corrected chi connectivity index (χ0v) is 16.8. The standard InChI is InChI=1S/C17H17N5O7S/c1-20(2)30(25,26)14-3-4-15-16(7-14)21(19-18-15)29-9-12-6-13(22(23)24)5-11-8-27-10-28-17(11)12/h3-7H,8-10H2,1-2H3. The molecule has 30 heavy (non-hydrogen) atoms. The van der Waals surface area contributed by atoms with Crippen LogP contribution < -0.4 is 9.57 Å². The fourth-order valence-electron chi connectivity index (χ4n) is 2.97. The van der Waals surface area contributed by atoms with Crippen molar-refractivity contribution >= 4 is 26.7 Å². The Labute approximate surface area is 170 Å². The van der Waals surface area contributed by atoms with Crippen LogP contribution in [0.15, 0.2) is 35.2 Å². The van der Waals surface area contributed by atoms with Crippen molar-refractivity contribution in [2.45, 2.75) is 18.1 Å². The Bertz CT molecular complexity index is 1240. The largest absolute Gasteiger partial charge is 0.467 e. The van der Waals surface area contributed by atoms with Gasteiger partial charge < -0.3 is 14.3 Å². The Kier molecular flexibility index (Phi) is 5.01. The van der Waals surface area contributed by atoms with Gasteiger partial charge in [-0.3, -0.25) is 10.1 Å². The summed E-state index contributed by atoms with van der Waals surface area (Å²) in [5.41, 5.74) is 1.62. The molecule has 0 unspecified atom stereocenters. The molecule has 0 aliphatic carbocycles. The molecule has 12 nitrogen and oxygen atoms in total. The lowest BCUT2D eigenvalue weighted by Crippen LogP contribution is -2.22. The average molecular weight is 435 g/mol. The van der Waals surface area contributed by atoms with Crippen LogP contribution >= 0.6 is 0 Å². The minimum atomic E-state index is -3.66. The predicted molar refractivity (Wildman–Crippen MR) is 102 cm³/mol. The van der Waals surface area contributed by atoms with Gasteiger partial charge in [0.15, 0.2) is 6.79 Å². The van der Waals surface area contributed by atoms with Crippen LogP contribution in [0, 0.1) is 10.1 Å². The summed E-state index contributed by atoms with van der Waals surface area (Å²) in [6.07, 6.45) is 0. The van der Waals surface area contributed by atoms with Gasteiger partial charge in [-0.25, -0.2) is 12.7 Å². The second-order valence-electron chi connectivity index (χ2n) is 6.63. The van der Waals surface area contributed by atoms with Crippen LogP contribution in [0.5, 0.6) is 5.75 Å². The average Bonchev–Trinajstić information content (AvgIpc) is 3.13. The molecule has 0 radical (unpaired) electrons. The van der Waals surface area contributed by atoms with Crippen molar-refractivity contribution in [3.8, 4) is 5.75 Å². The summed E-state index contributed by atoms with van der Waals surface area (Å²) >= 11 is 0. The van der Waals surface area contributed by atoms with Gasteiger partial charge in [-0.2, -0.15) is 0 Å². The van der Waals surface area contributed by atoms with Crippen molar-refractivity contribution in [1.29, 1.82) is 0 Å². The van der Waals surface area contributed by atoms with Crippen molar-refractivity contribution in [2.75, 3.05) is 20.9 Å². The first-order chi connectivity index (χ1) is 14.3. The molecular formula is C17H17N5O7S. The van der Waals surface area contributed by atoms with E-state index in [1.54, 1.807) is 0 Å². The van der Waals surface area contributed by atoms with E-state index in [2.05, 4.69) is 10.3 Å². The highest BCUT2D eigenvalue weighted by Gasteiger charge is 2.22. The lowest BCUT2D eigenvalue weighted by molar-refractivity contribution is -0.385. The summed E-state index contributed by atoms with van der Waals surface area (Å²) in [4.78, 5) is 17.5. The number of rotatable bonds is 6. The van der Waals surface area contributed by atoms with Gasteiger partial charge in [0, 0.05) is 37.4 Å². The lowest BCUT2D eigenvalue weighted by atomic mass is 10.1. The zero-order chi connectivity index (χ0) is 21.5. The molecule has 13 heteroatoms. The summed E-state index contributed by atoms with van der Waals surface area (Å²) in [7, 11) is -0.795. The second-order valence-corrected chi connectivity index (χ2v) is 8.79. The van der Waals surface area contributed by atoms with E-state index in [1.807, 2.05) is 0 Å². The van der Waals surface area contributed by atoms with E-state index < -0.39 is 14.9 Å². The SMILES string of the molecule is CN(C)S(=O)(=O)c1ccc2nnn(OCc3cc([N+](=O)[O-])cc4c3OCOC4)c2c1. The van der Waals surface area contributed by atoms with Crippen LogP contribution in [0.3, 0.4) is 0 Å². The Hall–Kier alpha value is -3.29. The quantitative estimate of drug-likeness (QED) is 0.411. The number of fused-ring (bicyclic) bond motifs is 2. The van der Waals surface area contributed by atoms with E-state index in [9.17, 15) is 18.5 Å². The number of sulfonamides is 1. The molecule has 1 aliphatic rings. The molecular weight excluding hydrogens is 418 g/mol. The van der Waals surface area contributed by atoms with Crippen LogP contribution in [0.1, 0.15) is 11.1 Å². The first kappa shape index (κ1) is 20.0. The monoisotopic (exact) mass is 435 g/mol. The van der Waals surface area contributed by atoms with Crippen molar-refractivity contribution in [1.82, 2.24) is 19.5 Å². The van der Waals surface area contributed by atoms with Gasteiger partial charge in [0.05, 0.1) is 16.4 Å². The summed E-state index contributed by atoms with van der Waals surface area (Å²) in [5, 5.41) is 19.1. The smallest absolute Gasteiger partial charge is 0.270 e. The van der Waals surface area contributed by atoms with E-state index >= 15 is 0 Å². The van der Waals surface area contributed by atoms with E-state index in [4.69, 9.17) is 14.3 Å². The molecule has 1 aliphatic heterocycles. The fraction of sp³-hybridized carbons (Fsp3) is 0.294. The molecule has 0 spiro atoms. The van der Waals surface area contributed by atoms with Gasteiger partial charge in [0.2, 0.25) is 10.0 Å². The highest BCUT2D eigenvalue weighted by Crippen LogP contribution is 2.32. The highest BCUT2D eigenvalue weighted by molar-refractivity contribution is 7.89. The Morgan fingerprint density at radius 2 is 2.10 bits per heavy atom. The molecule has 2 aromatic carbocycles. The lowest BCUT2D eigenvalue weighted by Gasteiger charge is -2.20. The van der Waals surface area contributed by atoms with Crippen LogP contribution in [0.25, 0.3) is 11.0 Å². The summed E-state index contributed by atoms with van der Waals surface area (Å²) in [5.74, 6) is 0.451. The van der Waals surface area contributed by atoms with Gasteiger partial charge >= 0.3 is 0 Å². The molecule has 0 saturated carbocycles. The van der Waals surface area contributed by atoms with E-state index in [0.717, 1.165) is 9.15 Å². The molecule has 0 fully saturated rings. The first-order valence-electron chi connectivity index (χ1n) is 8.69. The van der Waals surface area contributed by atoms with Gasteiger partial charge in [0.1, 0.15) is 23.4 Å². The Morgan fingerprint density at radius 1 is 1.30 bits per heavy atom. The molecule has 0 saturated heterocycles. The minimum Gasteiger partial charge on any atom is -0.467 e. The van der Waals surface area contributed by atoms with Crippen molar-refractivity contribution < 1.29 is 27.7 Å². The second kappa shape index (κ2) is 7.51. The molecule has 3 aromatic rings. The molecule has 2 heterocycles. The zero-order valence-electron chi connectivity index (χ0n) is 16.0. The number of nitro benzene ring substituents is 1. The van der Waals surface area contributed by atoms with Crippen LogP contribution in [-0.4, -0.2) is 53.7 Å². The summed E-state index contributed by atoms with van der Waals surface area (Å²) in [6.45, 7) is 0.0883. The number of nitro groups is 1. The number of aromatic nitrogens is 3. The predicted octanol–water partition coefficient (Wildman–Crippen LogP) is 1.09. The number of hydrogen-bond donors (Lipinski definition) is 0. The number of non-ortho nitro benzene ring substituents is 1. The van der Waals surface area contributed by atoms with Gasteiger partial charge in [0.25, 0.3) is 5.69 Å². The van der Waals surface area contributed by atoms with E-state index in [0.29, 0.717) is 27.9 Å². The van der Waals surface area contributed by atoms with E-state index in [1.165, 1.54) is 44.4 Å². The van der Waals surface area contributed by atoms with Crippen LogP contribution in [0.4, 0.5) is 5.69 Å². The summed E-state index contributed by atoms with van der Waals surface area (Å²) in [6, 6.07) is 7.10. The fourth-order valence-corrected chi connectivity index (χ4v) is 3.89. The highest BCUT2D eigenvalue weighted by atomic mass is 32.2. The number of benzene rings is 2. The number of nitrogens with zero attached hydrogens (tertiary/aromatic N) is 5.